The van der Waals surface area contributed by atoms with Gasteiger partial charge in [0, 0.05) is 56.9 Å². The van der Waals surface area contributed by atoms with Crippen LogP contribution in [0.5, 0.6) is 0 Å². The minimum Gasteiger partial charge on any atom is -0.311 e. The van der Waals surface area contributed by atoms with E-state index in [1.165, 1.54) is 60.9 Å². The molecule has 0 aliphatic heterocycles. The first-order valence-corrected chi connectivity index (χ1v) is 19.0. The van der Waals surface area contributed by atoms with Crippen LogP contribution in [-0.2, 0) is 5.41 Å². The summed E-state index contributed by atoms with van der Waals surface area (Å²) < 4.78 is 2.48. The molecule has 0 N–H and O–H groups in total. The number of anilines is 3. The van der Waals surface area contributed by atoms with Crippen molar-refractivity contribution >= 4 is 51.0 Å². The van der Waals surface area contributed by atoms with Gasteiger partial charge in [0.25, 0.3) is 0 Å². The van der Waals surface area contributed by atoms with Gasteiger partial charge in [-0.3, -0.25) is 4.98 Å². The lowest BCUT2D eigenvalue weighted by Crippen LogP contribution is -2.16. The summed E-state index contributed by atoms with van der Waals surface area (Å²) in [4.78, 5) is 6.69. The molecule has 2 heterocycles. The molecule has 3 nitrogen and oxygen atoms in total. The molecular weight excluding hydrogens is 667 g/mol. The highest BCUT2D eigenvalue weighted by Crippen LogP contribution is 2.53. The van der Waals surface area contributed by atoms with Crippen LogP contribution in [0.1, 0.15) is 36.1 Å². The second-order valence-electron chi connectivity index (χ2n) is 14.9. The van der Waals surface area contributed by atoms with Gasteiger partial charge in [-0.15, -0.1) is 0 Å². The number of para-hydroxylation sites is 3. The van der Waals surface area contributed by atoms with E-state index in [1.807, 2.05) is 18.5 Å². The summed E-state index contributed by atoms with van der Waals surface area (Å²) in [5.41, 5.74) is 16.8. The van der Waals surface area contributed by atoms with E-state index in [0.717, 1.165) is 28.2 Å². The molecule has 0 fully saturated rings. The maximum atomic E-state index is 4.40. The molecule has 3 heteroatoms. The van der Waals surface area contributed by atoms with Crippen LogP contribution in [0, 0.1) is 0 Å². The van der Waals surface area contributed by atoms with Crippen LogP contribution in [0.3, 0.4) is 0 Å². The summed E-state index contributed by atoms with van der Waals surface area (Å²) in [5, 5.41) is 2.52. The van der Waals surface area contributed by atoms with E-state index in [2.05, 4.69) is 210 Å². The summed E-state index contributed by atoms with van der Waals surface area (Å²) in [6.07, 6.45) is 8.25. The Morgan fingerprint density at radius 1 is 0.527 bits per heavy atom. The highest BCUT2D eigenvalue weighted by Gasteiger charge is 2.38. The number of hydrogen-bond donors (Lipinski definition) is 0. The van der Waals surface area contributed by atoms with Crippen molar-refractivity contribution in [3.8, 4) is 27.9 Å². The first-order chi connectivity index (χ1) is 27.0. The van der Waals surface area contributed by atoms with Gasteiger partial charge in [0.2, 0.25) is 0 Å². The van der Waals surface area contributed by atoms with E-state index in [0.29, 0.717) is 0 Å². The second-order valence-corrected chi connectivity index (χ2v) is 14.9. The van der Waals surface area contributed by atoms with Crippen LogP contribution < -0.4 is 4.90 Å². The van der Waals surface area contributed by atoms with Crippen LogP contribution in [-0.4, -0.2) is 9.55 Å². The fourth-order valence-electron chi connectivity index (χ4n) is 8.60. The Kier molecular flexibility index (Phi) is 7.81. The molecule has 2 aromatic heterocycles. The van der Waals surface area contributed by atoms with E-state index in [1.54, 1.807) is 0 Å². The van der Waals surface area contributed by atoms with Gasteiger partial charge < -0.3 is 9.47 Å². The number of benzene rings is 7. The standard InChI is InChI=1S/C52H39N3/c1-52(2)48-33-37(21-20-36-22-26-43(27-23-36)54(40-14-6-3-7-15-40)41-16-8-4-9-17-41)24-28-44(48)45-29-30-46-47-34-38(39-13-12-32-53-35-39)25-31-49(47)55(51(46)50(45)52)42-18-10-5-11-19-42/h3-35H,1-2H3/b21-20+. The van der Waals surface area contributed by atoms with E-state index in [-0.39, 0.29) is 5.41 Å². The molecule has 0 atom stereocenters. The van der Waals surface area contributed by atoms with Crippen molar-refractivity contribution < 1.29 is 0 Å². The van der Waals surface area contributed by atoms with Gasteiger partial charge in [-0.2, -0.15) is 0 Å². The molecule has 10 rings (SSSR count). The Labute approximate surface area is 322 Å². The number of hydrogen-bond acceptors (Lipinski definition) is 2. The summed E-state index contributed by atoms with van der Waals surface area (Å²) in [7, 11) is 0. The molecule has 0 bridgehead atoms. The molecular formula is C52H39N3. The number of fused-ring (bicyclic) bond motifs is 7. The Morgan fingerprint density at radius 2 is 1.16 bits per heavy atom. The maximum Gasteiger partial charge on any atom is 0.0588 e. The predicted molar refractivity (Wildman–Crippen MR) is 232 cm³/mol. The molecule has 0 saturated carbocycles. The van der Waals surface area contributed by atoms with Crippen LogP contribution in [0.15, 0.2) is 188 Å². The van der Waals surface area contributed by atoms with Crippen LogP contribution in [0.2, 0.25) is 0 Å². The zero-order valence-corrected chi connectivity index (χ0v) is 30.9. The second kappa shape index (κ2) is 13.2. The van der Waals surface area contributed by atoms with Crippen molar-refractivity contribution in [3.63, 3.8) is 0 Å². The third-order valence-electron chi connectivity index (χ3n) is 11.2. The van der Waals surface area contributed by atoms with Crippen molar-refractivity contribution in [1.29, 1.82) is 0 Å². The SMILES string of the molecule is CC1(C)c2cc(/C=C/c3ccc(N(c4ccccc4)c4ccccc4)cc3)ccc2-c2ccc3c4cc(-c5cccnc5)ccc4n(-c4ccccc4)c3c21. The predicted octanol–water partition coefficient (Wildman–Crippen LogP) is 13.8. The third-order valence-corrected chi connectivity index (χ3v) is 11.2. The van der Waals surface area contributed by atoms with E-state index < -0.39 is 0 Å². The summed E-state index contributed by atoms with van der Waals surface area (Å²) in [5.74, 6) is 0. The molecule has 9 aromatic rings. The first kappa shape index (κ1) is 32.7. The van der Waals surface area contributed by atoms with Crippen LogP contribution in [0.25, 0.3) is 61.9 Å². The molecule has 1 aliphatic carbocycles. The zero-order valence-electron chi connectivity index (χ0n) is 30.9. The Balaban J connectivity index is 1.03. The molecule has 0 saturated heterocycles. The number of pyridine rings is 1. The summed E-state index contributed by atoms with van der Waals surface area (Å²) in [6.45, 7) is 4.78. The zero-order chi connectivity index (χ0) is 36.9. The van der Waals surface area contributed by atoms with Gasteiger partial charge in [-0.1, -0.05) is 135 Å². The van der Waals surface area contributed by atoms with Crippen molar-refractivity contribution in [2.24, 2.45) is 0 Å². The normalized spacial score (nSPS) is 13.0. The fraction of sp³-hybridized carbons (Fsp3) is 0.0577. The topological polar surface area (TPSA) is 21.1 Å². The molecule has 1 aliphatic rings. The quantitative estimate of drug-likeness (QED) is 0.154. The molecule has 262 valence electrons. The Bertz CT molecular complexity index is 2810. The molecule has 0 unspecified atom stereocenters. The molecule has 0 amide bonds. The monoisotopic (exact) mass is 705 g/mol. The number of nitrogens with zero attached hydrogens (tertiary/aromatic N) is 3. The van der Waals surface area contributed by atoms with Crippen molar-refractivity contribution in [1.82, 2.24) is 9.55 Å². The van der Waals surface area contributed by atoms with E-state index in [4.69, 9.17) is 0 Å². The van der Waals surface area contributed by atoms with Gasteiger partial charge in [0.15, 0.2) is 0 Å². The third kappa shape index (κ3) is 5.55. The lowest BCUT2D eigenvalue weighted by Gasteiger charge is -2.25. The van der Waals surface area contributed by atoms with Crippen molar-refractivity contribution in [2.45, 2.75) is 19.3 Å². The fourth-order valence-corrected chi connectivity index (χ4v) is 8.60. The average Bonchev–Trinajstić information content (AvgIpc) is 3.69. The minimum atomic E-state index is -0.221. The van der Waals surface area contributed by atoms with Gasteiger partial charge in [0.05, 0.1) is 11.0 Å². The smallest absolute Gasteiger partial charge is 0.0588 e. The maximum absolute atomic E-state index is 4.40. The summed E-state index contributed by atoms with van der Waals surface area (Å²) in [6, 6.07) is 63.4. The van der Waals surface area contributed by atoms with Gasteiger partial charge in [-0.05, 0) is 106 Å². The van der Waals surface area contributed by atoms with E-state index >= 15 is 0 Å². The molecule has 0 spiro atoms. The number of aromatic nitrogens is 2. The van der Waals surface area contributed by atoms with Gasteiger partial charge in [0.1, 0.15) is 0 Å². The summed E-state index contributed by atoms with van der Waals surface area (Å²) >= 11 is 0. The van der Waals surface area contributed by atoms with Crippen LogP contribution >= 0.6 is 0 Å². The van der Waals surface area contributed by atoms with Crippen LogP contribution in [0.4, 0.5) is 17.1 Å². The lowest BCUT2D eigenvalue weighted by molar-refractivity contribution is 0.663. The Morgan fingerprint density at radius 3 is 1.85 bits per heavy atom. The molecule has 7 aromatic carbocycles. The van der Waals surface area contributed by atoms with E-state index in [9.17, 15) is 0 Å². The molecule has 55 heavy (non-hydrogen) atoms. The largest absolute Gasteiger partial charge is 0.311 e. The minimum absolute atomic E-state index is 0.221. The number of rotatable bonds is 7. The van der Waals surface area contributed by atoms with Crippen molar-refractivity contribution in [2.75, 3.05) is 4.90 Å². The Hall–Kier alpha value is -6.97. The van der Waals surface area contributed by atoms with Crippen molar-refractivity contribution in [3.05, 3.63) is 211 Å². The highest BCUT2D eigenvalue weighted by molar-refractivity contribution is 6.14. The highest BCUT2D eigenvalue weighted by atomic mass is 15.1. The van der Waals surface area contributed by atoms with Gasteiger partial charge >= 0.3 is 0 Å². The first-order valence-electron chi connectivity index (χ1n) is 19.0. The van der Waals surface area contributed by atoms with Gasteiger partial charge in [-0.25, -0.2) is 0 Å². The molecule has 0 radical (unpaired) electrons. The lowest BCUT2D eigenvalue weighted by atomic mass is 9.81. The average molecular weight is 706 g/mol.